The number of aliphatic carboxylic acids is 1. The predicted molar refractivity (Wildman–Crippen MR) is 83.7 cm³/mol. The van der Waals surface area contributed by atoms with Crippen LogP contribution in [-0.2, 0) is 4.79 Å². The summed E-state index contributed by atoms with van der Waals surface area (Å²) in [6.07, 6.45) is 10.6. The van der Waals surface area contributed by atoms with Crippen LogP contribution in [0.1, 0.15) is 33.6 Å². The average Bonchev–Trinajstić information content (AvgIpc) is 2.37. The minimum absolute atomic E-state index is 0.305. The van der Waals surface area contributed by atoms with Crippen molar-refractivity contribution in [2.75, 3.05) is 0 Å². The van der Waals surface area contributed by atoms with Gasteiger partial charge < -0.3 is 10.2 Å². The summed E-state index contributed by atoms with van der Waals surface area (Å²) in [6, 6.07) is 0. The van der Waals surface area contributed by atoms with Crippen LogP contribution in [0.15, 0.2) is 36.0 Å². The molecule has 0 aromatic carbocycles. The first-order valence-electron chi connectivity index (χ1n) is 7.84. The summed E-state index contributed by atoms with van der Waals surface area (Å²) in [6.45, 7) is 6.62. The molecule has 116 valence electrons. The van der Waals surface area contributed by atoms with E-state index in [1.807, 2.05) is 12.2 Å². The molecule has 0 heterocycles. The molecule has 2 rings (SSSR count). The number of fused-ring (bicyclic) bond motifs is 1. The number of hydrogen-bond acceptors (Lipinski definition) is 2. The van der Waals surface area contributed by atoms with Crippen LogP contribution in [0.2, 0.25) is 0 Å². The summed E-state index contributed by atoms with van der Waals surface area (Å²) in [7, 11) is 0. The molecule has 0 amide bonds. The van der Waals surface area contributed by atoms with Gasteiger partial charge in [-0.3, -0.25) is 0 Å². The Balaban J connectivity index is 2.22. The van der Waals surface area contributed by atoms with Crippen molar-refractivity contribution in [3.8, 4) is 0 Å². The van der Waals surface area contributed by atoms with Gasteiger partial charge in [0.15, 0.2) is 0 Å². The lowest BCUT2D eigenvalue weighted by Crippen LogP contribution is -2.43. The highest BCUT2D eigenvalue weighted by atomic mass is 16.4. The SMILES string of the molecule is CC1=C[C@@H](O)C2C[C@@H](C)C[C@@H](C)[C@@H]2[C@H]1/C=C/C=C/C(=O)O. The molecular weight excluding hydrogens is 264 g/mol. The molecule has 2 aliphatic rings. The smallest absolute Gasteiger partial charge is 0.328 e. The number of carboxylic acid groups (broad SMARTS) is 1. The van der Waals surface area contributed by atoms with Gasteiger partial charge >= 0.3 is 5.97 Å². The zero-order valence-electron chi connectivity index (χ0n) is 13.1. The Labute approximate surface area is 127 Å². The van der Waals surface area contributed by atoms with Gasteiger partial charge in [0.05, 0.1) is 6.10 Å². The van der Waals surface area contributed by atoms with Crippen molar-refractivity contribution >= 4 is 5.97 Å². The Morgan fingerprint density at radius 1 is 1.29 bits per heavy atom. The number of aliphatic hydroxyl groups is 1. The molecule has 0 aromatic rings. The van der Waals surface area contributed by atoms with Gasteiger partial charge in [-0.1, -0.05) is 43.7 Å². The van der Waals surface area contributed by atoms with Crippen LogP contribution in [0.25, 0.3) is 0 Å². The highest BCUT2D eigenvalue weighted by Crippen LogP contribution is 2.48. The molecule has 21 heavy (non-hydrogen) atoms. The summed E-state index contributed by atoms with van der Waals surface area (Å²) >= 11 is 0. The number of hydrogen-bond donors (Lipinski definition) is 2. The lowest BCUT2D eigenvalue weighted by atomic mass is 9.58. The quantitative estimate of drug-likeness (QED) is 0.476. The number of carbonyl (C=O) groups is 1. The molecule has 0 saturated heterocycles. The molecule has 1 saturated carbocycles. The van der Waals surface area contributed by atoms with E-state index in [1.165, 1.54) is 12.0 Å². The number of aliphatic hydroxyl groups excluding tert-OH is 1. The summed E-state index contributed by atoms with van der Waals surface area (Å²) in [5.41, 5.74) is 1.20. The number of carboxylic acids is 1. The Morgan fingerprint density at radius 3 is 2.67 bits per heavy atom. The van der Waals surface area contributed by atoms with Gasteiger partial charge in [0.25, 0.3) is 0 Å². The molecular formula is C18H26O3. The monoisotopic (exact) mass is 290 g/mol. The van der Waals surface area contributed by atoms with Gasteiger partial charge in [-0.25, -0.2) is 4.79 Å². The fourth-order valence-electron chi connectivity index (χ4n) is 4.33. The third-order valence-electron chi connectivity index (χ3n) is 5.08. The molecule has 0 aromatic heterocycles. The molecule has 2 N–H and O–H groups in total. The number of rotatable bonds is 3. The van der Waals surface area contributed by atoms with Crippen molar-refractivity contribution < 1.29 is 15.0 Å². The third kappa shape index (κ3) is 3.65. The van der Waals surface area contributed by atoms with Gasteiger partial charge in [-0.05, 0) is 43.4 Å². The second kappa shape index (κ2) is 6.61. The Morgan fingerprint density at radius 2 is 2.00 bits per heavy atom. The summed E-state index contributed by atoms with van der Waals surface area (Å²) in [5.74, 6) is 1.40. The molecule has 3 heteroatoms. The highest BCUT2D eigenvalue weighted by molar-refractivity contribution is 5.80. The van der Waals surface area contributed by atoms with Gasteiger partial charge in [0.2, 0.25) is 0 Å². The summed E-state index contributed by atoms with van der Waals surface area (Å²) in [4.78, 5) is 10.5. The zero-order valence-corrected chi connectivity index (χ0v) is 13.1. The molecule has 6 atom stereocenters. The fraction of sp³-hybridized carbons (Fsp3) is 0.611. The van der Waals surface area contributed by atoms with Gasteiger partial charge in [0.1, 0.15) is 0 Å². The minimum Gasteiger partial charge on any atom is -0.478 e. The van der Waals surface area contributed by atoms with Crippen LogP contribution in [0.4, 0.5) is 0 Å². The van der Waals surface area contributed by atoms with E-state index >= 15 is 0 Å². The van der Waals surface area contributed by atoms with Crippen LogP contribution >= 0.6 is 0 Å². The van der Waals surface area contributed by atoms with Crippen molar-refractivity contribution in [2.45, 2.75) is 39.7 Å². The average molecular weight is 290 g/mol. The molecule has 0 bridgehead atoms. The maximum absolute atomic E-state index is 10.5. The molecule has 0 aliphatic heterocycles. The lowest BCUT2D eigenvalue weighted by molar-refractivity contribution is -0.131. The van der Waals surface area contributed by atoms with E-state index in [0.29, 0.717) is 29.6 Å². The molecule has 0 radical (unpaired) electrons. The van der Waals surface area contributed by atoms with E-state index in [1.54, 1.807) is 6.08 Å². The van der Waals surface area contributed by atoms with Crippen LogP contribution in [0.5, 0.6) is 0 Å². The summed E-state index contributed by atoms with van der Waals surface area (Å²) in [5, 5.41) is 19.0. The standard InChI is InChI=1S/C18H26O3/c1-11-8-13(3)18-14(6-4-5-7-17(20)21)12(2)10-16(19)15(18)9-11/h4-7,10-11,13-16,18-19H,8-9H2,1-3H3,(H,20,21)/b6-4+,7-5+/t11-,13+,14-,15?,16+,18+/m0/s1. The van der Waals surface area contributed by atoms with Crippen LogP contribution in [0.3, 0.4) is 0 Å². The normalized spacial score (nSPS) is 40.3. The second-order valence-electron chi connectivity index (χ2n) is 6.80. The van der Waals surface area contributed by atoms with Crippen molar-refractivity contribution in [3.63, 3.8) is 0 Å². The van der Waals surface area contributed by atoms with Gasteiger partial charge in [-0.2, -0.15) is 0 Å². The molecule has 0 spiro atoms. The Hall–Kier alpha value is -1.35. The first-order chi connectivity index (χ1) is 9.90. The molecule has 3 nitrogen and oxygen atoms in total. The maximum atomic E-state index is 10.5. The molecule has 1 fully saturated rings. The second-order valence-corrected chi connectivity index (χ2v) is 6.80. The Bertz CT molecular complexity index is 475. The van der Waals surface area contributed by atoms with E-state index in [-0.39, 0.29) is 6.10 Å². The molecule has 1 unspecified atom stereocenters. The minimum atomic E-state index is -0.927. The van der Waals surface area contributed by atoms with Crippen molar-refractivity contribution in [1.82, 2.24) is 0 Å². The Kier molecular flexibility index (Phi) is 5.04. The van der Waals surface area contributed by atoms with Gasteiger partial charge in [-0.15, -0.1) is 0 Å². The van der Waals surface area contributed by atoms with E-state index in [4.69, 9.17) is 5.11 Å². The van der Waals surface area contributed by atoms with E-state index in [9.17, 15) is 9.90 Å². The van der Waals surface area contributed by atoms with Crippen molar-refractivity contribution in [2.24, 2.45) is 29.6 Å². The fourth-order valence-corrected chi connectivity index (χ4v) is 4.33. The van der Waals surface area contributed by atoms with Crippen molar-refractivity contribution in [3.05, 3.63) is 36.0 Å². The molecule has 2 aliphatic carbocycles. The largest absolute Gasteiger partial charge is 0.478 e. The van der Waals surface area contributed by atoms with Crippen LogP contribution < -0.4 is 0 Å². The first kappa shape index (κ1) is 16.0. The maximum Gasteiger partial charge on any atom is 0.328 e. The topological polar surface area (TPSA) is 57.5 Å². The number of allylic oxidation sites excluding steroid dienone is 4. The van der Waals surface area contributed by atoms with Crippen LogP contribution in [0, 0.1) is 29.6 Å². The predicted octanol–water partition coefficient (Wildman–Crippen LogP) is 3.42. The van der Waals surface area contributed by atoms with Crippen molar-refractivity contribution in [1.29, 1.82) is 0 Å². The summed E-state index contributed by atoms with van der Waals surface area (Å²) < 4.78 is 0. The van der Waals surface area contributed by atoms with Gasteiger partial charge in [0, 0.05) is 12.0 Å². The first-order valence-corrected chi connectivity index (χ1v) is 7.84. The highest BCUT2D eigenvalue weighted by Gasteiger charge is 2.43. The third-order valence-corrected chi connectivity index (χ3v) is 5.08. The van der Waals surface area contributed by atoms with Crippen LogP contribution in [-0.4, -0.2) is 22.3 Å². The van der Waals surface area contributed by atoms with E-state index in [2.05, 4.69) is 26.8 Å². The zero-order chi connectivity index (χ0) is 15.6. The van der Waals surface area contributed by atoms with E-state index in [0.717, 1.165) is 12.5 Å². The van der Waals surface area contributed by atoms with E-state index < -0.39 is 5.97 Å². The lowest BCUT2D eigenvalue weighted by Gasteiger charge is -2.47.